The molecule has 1 aromatic carbocycles. The summed E-state index contributed by atoms with van der Waals surface area (Å²) in [4.78, 5) is 15.7. The van der Waals surface area contributed by atoms with Gasteiger partial charge < -0.3 is 9.40 Å². The van der Waals surface area contributed by atoms with Gasteiger partial charge in [-0.25, -0.2) is 0 Å². The summed E-state index contributed by atoms with van der Waals surface area (Å²) < 4.78 is 6.31. The van der Waals surface area contributed by atoms with E-state index in [9.17, 15) is 4.79 Å². The Morgan fingerprint density at radius 3 is 2.95 bits per heavy atom. The number of aryl methyl sites for hydroxylation is 1. The first-order valence-corrected chi connectivity index (χ1v) is 6.87. The third-order valence-electron chi connectivity index (χ3n) is 3.20. The third-order valence-corrected chi connectivity index (χ3v) is 3.69. The van der Waals surface area contributed by atoms with Gasteiger partial charge in [-0.2, -0.15) is 0 Å². The van der Waals surface area contributed by atoms with Gasteiger partial charge in [0.05, 0.1) is 11.8 Å². The van der Waals surface area contributed by atoms with Gasteiger partial charge in [0, 0.05) is 33.6 Å². The van der Waals surface area contributed by atoms with Crippen molar-refractivity contribution in [3.05, 3.63) is 58.1 Å². The van der Waals surface area contributed by atoms with Crippen LogP contribution in [0, 0.1) is 0 Å². The Labute approximate surface area is 118 Å². The van der Waals surface area contributed by atoms with E-state index < -0.39 is 0 Å². The zero-order chi connectivity index (χ0) is 13.4. The van der Waals surface area contributed by atoms with Crippen molar-refractivity contribution < 1.29 is 9.21 Å². The second-order valence-corrected chi connectivity index (χ2v) is 5.25. The Hall–Kier alpha value is -1.81. The van der Waals surface area contributed by atoms with Crippen molar-refractivity contribution >= 4 is 32.6 Å². The molecule has 3 rings (SSSR count). The van der Waals surface area contributed by atoms with E-state index in [1.54, 1.807) is 18.5 Å². The number of carbonyl (C=O) groups excluding carboxylic acids is 1. The number of aromatic amines is 1. The average Bonchev–Trinajstić information content (AvgIpc) is 3.03. The summed E-state index contributed by atoms with van der Waals surface area (Å²) in [5.41, 5.74) is 2.27. The maximum absolute atomic E-state index is 12.6. The van der Waals surface area contributed by atoms with Crippen LogP contribution in [0.1, 0.15) is 28.6 Å². The number of aromatic nitrogens is 1. The van der Waals surface area contributed by atoms with Crippen molar-refractivity contribution in [2.75, 3.05) is 0 Å². The van der Waals surface area contributed by atoms with Crippen LogP contribution in [-0.4, -0.2) is 10.8 Å². The molecular weight excluding hydrogens is 306 g/mol. The lowest BCUT2D eigenvalue weighted by Crippen LogP contribution is -2.01. The lowest BCUT2D eigenvalue weighted by atomic mass is 10.0. The van der Waals surface area contributed by atoms with Crippen LogP contribution >= 0.6 is 15.9 Å². The Morgan fingerprint density at radius 2 is 2.16 bits per heavy atom. The molecule has 3 aromatic rings. The zero-order valence-corrected chi connectivity index (χ0v) is 12.0. The standard InChI is InChI=1S/C15H12BrNO2/c1-2-14-11(5-6-19-14)15(18)12-8-17-13-7-9(16)3-4-10(12)13/h3-8,17H,2H2,1H3. The normalized spacial score (nSPS) is 11.1. The quantitative estimate of drug-likeness (QED) is 0.731. The number of rotatable bonds is 3. The molecule has 19 heavy (non-hydrogen) atoms. The number of carbonyl (C=O) groups is 1. The minimum Gasteiger partial charge on any atom is -0.469 e. The highest BCUT2D eigenvalue weighted by Crippen LogP contribution is 2.25. The summed E-state index contributed by atoms with van der Waals surface area (Å²) in [7, 11) is 0. The largest absolute Gasteiger partial charge is 0.469 e. The predicted molar refractivity (Wildman–Crippen MR) is 77.5 cm³/mol. The van der Waals surface area contributed by atoms with Gasteiger partial charge in [0.1, 0.15) is 5.76 Å². The molecule has 3 nitrogen and oxygen atoms in total. The number of hydrogen-bond acceptors (Lipinski definition) is 2. The topological polar surface area (TPSA) is 46.0 Å². The van der Waals surface area contributed by atoms with Gasteiger partial charge in [-0.05, 0) is 18.2 Å². The molecule has 4 heteroatoms. The van der Waals surface area contributed by atoms with E-state index in [2.05, 4.69) is 20.9 Å². The van der Waals surface area contributed by atoms with Gasteiger partial charge in [0.2, 0.25) is 0 Å². The van der Waals surface area contributed by atoms with Crippen molar-refractivity contribution in [2.45, 2.75) is 13.3 Å². The first-order valence-electron chi connectivity index (χ1n) is 6.08. The van der Waals surface area contributed by atoms with Crippen LogP contribution in [0.2, 0.25) is 0 Å². The molecule has 0 saturated carbocycles. The Balaban J connectivity index is 2.12. The number of furan rings is 1. The lowest BCUT2D eigenvalue weighted by Gasteiger charge is -1.99. The van der Waals surface area contributed by atoms with Crippen LogP contribution in [-0.2, 0) is 6.42 Å². The van der Waals surface area contributed by atoms with E-state index >= 15 is 0 Å². The van der Waals surface area contributed by atoms with E-state index in [4.69, 9.17) is 4.42 Å². The number of hydrogen-bond donors (Lipinski definition) is 1. The van der Waals surface area contributed by atoms with Crippen LogP contribution in [0.4, 0.5) is 0 Å². The monoisotopic (exact) mass is 317 g/mol. The minimum atomic E-state index is -0.000766. The highest BCUT2D eigenvalue weighted by Gasteiger charge is 2.18. The Kier molecular flexibility index (Phi) is 3.03. The van der Waals surface area contributed by atoms with E-state index in [0.717, 1.165) is 21.1 Å². The molecule has 0 saturated heterocycles. The Bertz CT molecular complexity index is 754. The number of H-pyrrole nitrogens is 1. The molecule has 0 aliphatic carbocycles. The molecule has 0 bridgehead atoms. The second kappa shape index (κ2) is 4.70. The molecule has 1 N–H and O–H groups in total. The predicted octanol–water partition coefficient (Wildman–Crippen LogP) is 4.32. The van der Waals surface area contributed by atoms with Crippen molar-refractivity contribution in [2.24, 2.45) is 0 Å². The summed E-state index contributed by atoms with van der Waals surface area (Å²) in [5, 5.41) is 0.927. The maximum Gasteiger partial charge on any atom is 0.198 e. The molecular formula is C15H12BrNO2. The highest BCUT2D eigenvalue weighted by molar-refractivity contribution is 9.10. The van der Waals surface area contributed by atoms with Crippen LogP contribution in [0.5, 0.6) is 0 Å². The van der Waals surface area contributed by atoms with Crippen molar-refractivity contribution in [3.8, 4) is 0 Å². The van der Waals surface area contributed by atoms with E-state index in [1.807, 2.05) is 25.1 Å². The number of fused-ring (bicyclic) bond motifs is 1. The van der Waals surface area contributed by atoms with Gasteiger partial charge in [-0.15, -0.1) is 0 Å². The molecule has 0 unspecified atom stereocenters. The molecule has 2 aromatic heterocycles. The molecule has 0 radical (unpaired) electrons. The van der Waals surface area contributed by atoms with Crippen molar-refractivity contribution in [1.29, 1.82) is 0 Å². The molecule has 2 heterocycles. The fraction of sp³-hybridized carbons (Fsp3) is 0.133. The molecule has 96 valence electrons. The molecule has 0 atom stereocenters. The summed E-state index contributed by atoms with van der Waals surface area (Å²) >= 11 is 3.42. The summed E-state index contributed by atoms with van der Waals surface area (Å²) in [6.07, 6.45) is 4.03. The number of ketones is 1. The lowest BCUT2D eigenvalue weighted by molar-refractivity contribution is 0.103. The van der Waals surface area contributed by atoms with Crippen LogP contribution in [0.3, 0.4) is 0 Å². The second-order valence-electron chi connectivity index (χ2n) is 4.33. The number of halogens is 1. The molecule has 0 aliphatic heterocycles. The van der Waals surface area contributed by atoms with Crippen molar-refractivity contribution in [1.82, 2.24) is 4.98 Å². The highest BCUT2D eigenvalue weighted by atomic mass is 79.9. The summed E-state index contributed by atoms with van der Waals surface area (Å²) in [6, 6.07) is 7.57. The molecule has 0 amide bonds. The van der Waals surface area contributed by atoms with Gasteiger partial charge in [0.25, 0.3) is 0 Å². The van der Waals surface area contributed by atoms with E-state index in [0.29, 0.717) is 17.5 Å². The maximum atomic E-state index is 12.6. The zero-order valence-electron chi connectivity index (χ0n) is 10.4. The van der Waals surface area contributed by atoms with E-state index in [1.165, 1.54) is 0 Å². The number of nitrogens with one attached hydrogen (secondary N) is 1. The van der Waals surface area contributed by atoms with Crippen LogP contribution < -0.4 is 0 Å². The van der Waals surface area contributed by atoms with Gasteiger partial charge in [0.15, 0.2) is 5.78 Å². The molecule has 0 fully saturated rings. The first-order chi connectivity index (χ1) is 9.20. The van der Waals surface area contributed by atoms with Gasteiger partial charge in [-0.1, -0.05) is 28.9 Å². The van der Waals surface area contributed by atoms with Crippen LogP contribution in [0.15, 0.2) is 45.6 Å². The molecule has 0 spiro atoms. The molecule has 0 aliphatic rings. The Morgan fingerprint density at radius 1 is 1.32 bits per heavy atom. The SMILES string of the molecule is CCc1occc1C(=O)c1c[nH]c2cc(Br)ccc12. The van der Waals surface area contributed by atoms with Crippen molar-refractivity contribution in [3.63, 3.8) is 0 Å². The van der Waals surface area contributed by atoms with Gasteiger partial charge >= 0.3 is 0 Å². The summed E-state index contributed by atoms with van der Waals surface area (Å²) in [5.74, 6) is 0.732. The average molecular weight is 318 g/mol. The fourth-order valence-electron chi connectivity index (χ4n) is 2.25. The fourth-order valence-corrected chi connectivity index (χ4v) is 2.61. The minimum absolute atomic E-state index is 0.000766. The van der Waals surface area contributed by atoms with Crippen LogP contribution in [0.25, 0.3) is 10.9 Å². The first kappa shape index (κ1) is 12.2. The number of benzene rings is 1. The summed E-state index contributed by atoms with van der Waals surface area (Å²) in [6.45, 7) is 1.97. The third kappa shape index (κ3) is 2.02. The smallest absolute Gasteiger partial charge is 0.198 e. The van der Waals surface area contributed by atoms with E-state index in [-0.39, 0.29) is 5.78 Å². The van der Waals surface area contributed by atoms with Gasteiger partial charge in [-0.3, -0.25) is 4.79 Å².